The molecule has 9 heteroatoms. The van der Waals surface area contributed by atoms with Crippen LogP contribution in [-0.2, 0) is 0 Å². The highest BCUT2D eigenvalue weighted by Gasteiger charge is 2.22. The predicted octanol–water partition coefficient (Wildman–Crippen LogP) is 4.14. The molecule has 0 radical (unpaired) electrons. The molecule has 0 atom stereocenters. The van der Waals surface area contributed by atoms with Crippen LogP contribution in [-0.4, -0.2) is 58.5 Å². The lowest BCUT2D eigenvalue weighted by molar-refractivity contribution is -0.386. The van der Waals surface area contributed by atoms with Gasteiger partial charge in [-0.05, 0) is 44.0 Å². The number of rotatable bonds is 8. The molecule has 0 amide bonds. The van der Waals surface area contributed by atoms with Gasteiger partial charge in [0, 0.05) is 44.2 Å². The first-order valence-corrected chi connectivity index (χ1v) is 10.6. The monoisotopic (exact) mass is 447 g/mol. The number of Topliss-reactive ketones (excluding diaryl/α,β-unsaturated/α-hetero) is 1. The molecular weight excluding hydrogens is 422 g/mol. The lowest BCUT2D eigenvalue weighted by Gasteiger charge is -2.36. The first kappa shape index (κ1) is 22.8. The Labute approximate surface area is 185 Å². The second-order valence-electron chi connectivity index (χ2n) is 7.74. The Kier molecular flexibility index (Phi) is 7.35. The SMILES string of the molecule is Cc1cccc(N2CCN(CCCCC(=O)c3cc(O)c(O)c([N+](=O)[O-])c3)CC2)c1Cl. The Morgan fingerprint density at radius 1 is 1.16 bits per heavy atom. The zero-order valence-electron chi connectivity index (χ0n) is 17.4. The first-order chi connectivity index (χ1) is 14.8. The number of aromatic hydroxyl groups is 2. The number of anilines is 1. The number of aryl methyl sites for hydroxylation is 1. The van der Waals surface area contributed by atoms with Crippen molar-refractivity contribution >= 4 is 28.8 Å². The fourth-order valence-electron chi connectivity index (χ4n) is 3.76. The van der Waals surface area contributed by atoms with Gasteiger partial charge in [-0.2, -0.15) is 0 Å². The molecule has 166 valence electrons. The number of carbonyl (C=O) groups excluding carboxylic acids is 1. The summed E-state index contributed by atoms with van der Waals surface area (Å²) >= 11 is 6.44. The molecule has 0 saturated carbocycles. The van der Waals surface area contributed by atoms with Crippen molar-refractivity contribution in [3.8, 4) is 11.5 Å². The fourth-order valence-corrected chi connectivity index (χ4v) is 4.00. The number of nitro benzene ring substituents is 1. The van der Waals surface area contributed by atoms with Crippen molar-refractivity contribution in [2.75, 3.05) is 37.6 Å². The molecule has 0 spiro atoms. The molecule has 1 saturated heterocycles. The molecule has 1 heterocycles. The molecule has 31 heavy (non-hydrogen) atoms. The van der Waals surface area contributed by atoms with Crippen LogP contribution in [0.2, 0.25) is 5.02 Å². The van der Waals surface area contributed by atoms with Crippen molar-refractivity contribution in [1.82, 2.24) is 4.90 Å². The van der Waals surface area contributed by atoms with Gasteiger partial charge in [-0.1, -0.05) is 23.7 Å². The molecule has 0 aromatic heterocycles. The number of nitro groups is 1. The van der Waals surface area contributed by atoms with Crippen LogP contribution in [0, 0.1) is 17.0 Å². The highest BCUT2D eigenvalue weighted by molar-refractivity contribution is 6.34. The third-order valence-electron chi connectivity index (χ3n) is 5.60. The summed E-state index contributed by atoms with van der Waals surface area (Å²) in [6.45, 7) is 6.47. The van der Waals surface area contributed by atoms with E-state index in [-0.39, 0.29) is 17.8 Å². The van der Waals surface area contributed by atoms with Gasteiger partial charge >= 0.3 is 5.69 Å². The molecule has 8 nitrogen and oxygen atoms in total. The quantitative estimate of drug-likeness (QED) is 0.206. The van der Waals surface area contributed by atoms with Crippen LogP contribution < -0.4 is 4.90 Å². The average Bonchev–Trinajstić information content (AvgIpc) is 2.75. The summed E-state index contributed by atoms with van der Waals surface area (Å²) in [7, 11) is 0. The number of piperazine rings is 1. The molecule has 0 unspecified atom stereocenters. The highest BCUT2D eigenvalue weighted by atomic mass is 35.5. The summed E-state index contributed by atoms with van der Waals surface area (Å²) in [5.74, 6) is -1.78. The van der Waals surface area contributed by atoms with Crippen molar-refractivity contribution in [3.63, 3.8) is 0 Å². The van der Waals surface area contributed by atoms with Crippen LogP contribution in [0.3, 0.4) is 0 Å². The van der Waals surface area contributed by atoms with Gasteiger partial charge in [-0.25, -0.2) is 0 Å². The number of nitrogens with zero attached hydrogens (tertiary/aromatic N) is 3. The number of phenolic OH excluding ortho intramolecular Hbond substituents is 2. The number of ketones is 1. The maximum atomic E-state index is 12.3. The van der Waals surface area contributed by atoms with E-state index >= 15 is 0 Å². The Bertz CT molecular complexity index is 974. The van der Waals surface area contributed by atoms with E-state index in [1.807, 2.05) is 25.1 Å². The predicted molar refractivity (Wildman–Crippen MR) is 119 cm³/mol. The van der Waals surface area contributed by atoms with E-state index in [0.717, 1.165) is 67.6 Å². The molecule has 2 aromatic carbocycles. The van der Waals surface area contributed by atoms with Crippen LogP contribution in [0.1, 0.15) is 35.2 Å². The zero-order chi connectivity index (χ0) is 22.5. The molecule has 1 aliphatic rings. The number of hydrogen-bond donors (Lipinski definition) is 2. The van der Waals surface area contributed by atoms with Crippen LogP contribution in [0.15, 0.2) is 30.3 Å². The van der Waals surface area contributed by atoms with E-state index in [1.165, 1.54) is 0 Å². The van der Waals surface area contributed by atoms with E-state index in [2.05, 4.69) is 9.80 Å². The standard InChI is InChI=1S/C22H26ClN3O5/c1-15-5-4-6-17(21(15)23)25-11-9-24(10-12-25)8-3-2-7-19(27)16-13-18(26(30)31)22(29)20(28)14-16/h4-6,13-14,28-29H,2-3,7-12H2,1H3. The third-order valence-corrected chi connectivity index (χ3v) is 6.09. The maximum absolute atomic E-state index is 12.3. The van der Waals surface area contributed by atoms with Gasteiger partial charge in [-0.3, -0.25) is 19.8 Å². The topological polar surface area (TPSA) is 107 Å². The maximum Gasteiger partial charge on any atom is 0.315 e. The van der Waals surface area contributed by atoms with E-state index in [4.69, 9.17) is 11.6 Å². The molecule has 0 aliphatic carbocycles. The zero-order valence-corrected chi connectivity index (χ0v) is 18.1. The number of hydrogen-bond acceptors (Lipinski definition) is 7. The van der Waals surface area contributed by atoms with Crippen molar-refractivity contribution < 1.29 is 19.9 Å². The lowest BCUT2D eigenvalue weighted by Crippen LogP contribution is -2.46. The third kappa shape index (κ3) is 5.45. The summed E-state index contributed by atoms with van der Waals surface area (Å²) in [4.78, 5) is 27.1. The second kappa shape index (κ2) is 9.98. The number of unbranched alkanes of at least 4 members (excludes halogenated alkanes) is 1. The Hall–Kier alpha value is -2.84. The molecule has 1 aliphatic heterocycles. The minimum atomic E-state index is -0.826. The summed E-state index contributed by atoms with van der Waals surface area (Å²) in [5.41, 5.74) is 1.50. The largest absolute Gasteiger partial charge is 0.504 e. The van der Waals surface area contributed by atoms with Crippen LogP contribution >= 0.6 is 11.6 Å². The summed E-state index contributed by atoms with van der Waals surface area (Å²) in [6, 6.07) is 8.14. The molecular formula is C22H26ClN3O5. The van der Waals surface area contributed by atoms with Crippen LogP contribution in [0.5, 0.6) is 11.5 Å². The Morgan fingerprint density at radius 2 is 1.87 bits per heavy atom. The molecule has 2 N–H and O–H groups in total. The molecule has 0 bridgehead atoms. The Balaban J connectivity index is 1.44. The van der Waals surface area contributed by atoms with Crippen molar-refractivity contribution in [3.05, 3.63) is 56.6 Å². The second-order valence-corrected chi connectivity index (χ2v) is 8.12. The van der Waals surface area contributed by atoms with Gasteiger partial charge in [0.05, 0.1) is 15.6 Å². The van der Waals surface area contributed by atoms with Crippen molar-refractivity contribution in [2.24, 2.45) is 0 Å². The minimum Gasteiger partial charge on any atom is -0.504 e. The van der Waals surface area contributed by atoms with Gasteiger partial charge < -0.3 is 15.1 Å². The summed E-state index contributed by atoms with van der Waals surface area (Å²) in [6.07, 6.45) is 1.68. The fraction of sp³-hybridized carbons (Fsp3) is 0.409. The molecule has 3 rings (SSSR count). The van der Waals surface area contributed by atoms with Crippen LogP contribution in [0.4, 0.5) is 11.4 Å². The lowest BCUT2D eigenvalue weighted by atomic mass is 10.0. The molecule has 2 aromatic rings. The summed E-state index contributed by atoms with van der Waals surface area (Å²) in [5, 5.41) is 30.9. The first-order valence-electron chi connectivity index (χ1n) is 10.2. The van der Waals surface area contributed by atoms with Crippen LogP contribution in [0.25, 0.3) is 0 Å². The summed E-state index contributed by atoms with van der Waals surface area (Å²) < 4.78 is 0. The number of carbonyl (C=O) groups is 1. The number of phenols is 2. The molecule has 1 fully saturated rings. The van der Waals surface area contributed by atoms with E-state index in [1.54, 1.807) is 0 Å². The highest BCUT2D eigenvalue weighted by Crippen LogP contribution is 2.36. The van der Waals surface area contributed by atoms with Crippen molar-refractivity contribution in [1.29, 1.82) is 0 Å². The van der Waals surface area contributed by atoms with E-state index in [9.17, 15) is 25.1 Å². The smallest absolute Gasteiger partial charge is 0.315 e. The van der Waals surface area contributed by atoms with Gasteiger partial charge in [0.25, 0.3) is 0 Å². The van der Waals surface area contributed by atoms with Gasteiger partial charge in [-0.15, -0.1) is 0 Å². The van der Waals surface area contributed by atoms with Crippen molar-refractivity contribution in [2.45, 2.75) is 26.2 Å². The number of halogens is 1. The number of benzene rings is 2. The Morgan fingerprint density at radius 3 is 2.55 bits per heavy atom. The van der Waals surface area contributed by atoms with Gasteiger partial charge in [0.2, 0.25) is 5.75 Å². The minimum absolute atomic E-state index is 0.0330. The average molecular weight is 448 g/mol. The van der Waals surface area contributed by atoms with E-state index in [0.29, 0.717) is 6.42 Å². The van der Waals surface area contributed by atoms with Gasteiger partial charge in [0.15, 0.2) is 11.5 Å². The van der Waals surface area contributed by atoms with Gasteiger partial charge in [0.1, 0.15) is 0 Å². The normalized spacial score (nSPS) is 14.6. The van der Waals surface area contributed by atoms with E-state index < -0.39 is 22.1 Å².